The van der Waals surface area contributed by atoms with Crippen LogP contribution in [-0.4, -0.2) is 11.0 Å². The molecule has 0 radical (unpaired) electrons. The molecule has 0 aromatic heterocycles. The molecule has 0 amide bonds. The fraction of sp³-hybridized carbons (Fsp3) is 0. The molecule has 0 unspecified atom stereocenters. The number of ether oxygens (including phenoxy) is 1. The highest BCUT2D eigenvalue weighted by atomic mass is 35.5. The van der Waals surface area contributed by atoms with Crippen LogP contribution in [0, 0.1) is 0 Å². The third-order valence-corrected chi connectivity index (χ3v) is 3.59. The van der Waals surface area contributed by atoms with Crippen molar-refractivity contribution < 1.29 is 9.94 Å². The lowest BCUT2D eigenvalue weighted by Crippen LogP contribution is -2.14. The first-order chi connectivity index (χ1) is 9.54. The molecule has 0 heterocycles. The molecule has 20 heavy (non-hydrogen) atoms. The zero-order chi connectivity index (χ0) is 14.7. The fourth-order valence-corrected chi connectivity index (χ4v) is 2.16. The summed E-state index contributed by atoms with van der Waals surface area (Å²) in [6.07, 6.45) is 0. The van der Waals surface area contributed by atoms with E-state index in [0.717, 1.165) is 0 Å². The van der Waals surface area contributed by atoms with E-state index in [4.69, 9.17) is 50.5 Å². The number of nitrogens with two attached hydrogens (primary N) is 1. The van der Waals surface area contributed by atoms with E-state index in [9.17, 15) is 0 Å². The molecule has 0 bridgehead atoms. The van der Waals surface area contributed by atoms with Crippen molar-refractivity contribution in [2.45, 2.75) is 0 Å². The van der Waals surface area contributed by atoms with E-state index in [1.807, 2.05) is 0 Å². The summed E-state index contributed by atoms with van der Waals surface area (Å²) in [6, 6.07) is 9.86. The van der Waals surface area contributed by atoms with E-state index in [1.54, 1.807) is 36.4 Å². The number of hydrogen-bond acceptors (Lipinski definition) is 3. The lowest BCUT2D eigenvalue weighted by Gasteiger charge is -2.13. The van der Waals surface area contributed by atoms with E-state index in [2.05, 4.69) is 5.16 Å². The summed E-state index contributed by atoms with van der Waals surface area (Å²) >= 11 is 18.0. The SMILES string of the molecule is NC(=NO)c1c(Cl)cccc1Oc1cccc(Cl)c1Cl. The summed E-state index contributed by atoms with van der Waals surface area (Å²) in [4.78, 5) is 0. The highest BCUT2D eigenvalue weighted by Crippen LogP contribution is 2.37. The molecule has 104 valence electrons. The zero-order valence-electron chi connectivity index (χ0n) is 9.98. The second-order valence-corrected chi connectivity index (χ2v) is 4.94. The number of amidine groups is 1. The Morgan fingerprint density at radius 1 is 1.00 bits per heavy atom. The molecule has 0 aliphatic rings. The standard InChI is InChI=1S/C13H9Cl3N2O2/c14-7-3-1-5-9(11(7)13(17)18-19)20-10-6-2-4-8(15)12(10)16/h1-6,19H,(H2,17,18). The summed E-state index contributed by atoms with van der Waals surface area (Å²) in [5, 5.41) is 12.6. The van der Waals surface area contributed by atoms with Gasteiger partial charge >= 0.3 is 0 Å². The predicted molar refractivity (Wildman–Crippen MR) is 80.5 cm³/mol. The van der Waals surface area contributed by atoms with Crippen LogP contribution in [0.25, 0.3) is 0 Å². The molecule has 3 N–H and O–H groups in total. The van der Waals surface area contributed by atoms with Crippen LogP contribution in [0.5, 0.6) is 11.5 Å². The molecular weight excluding hydrogens is 323 g/mol. The lowest BCUT2D eigenvalue weighted by atomic mass is 10.2. The molecule has 0 saturated heterocycles. The molecule has 2 aromatic rings. The van der Waals surface area contributed by atoms with E-state index >= 15 is 0 Å². The Balaban J connectivity index is 2.49. The molecule has 0 atom stereocenters. The quantitative estimate of drug-likeness (QED) is 0.376. The number of hydrogen-bond donors (Lipinski definition) is 2. The van der Waals surface area contributed by atoms with Gasteiger partial charge in [0.15, 0.2) is 5.84 Å². The van der Waals surface area contributed by atoms with E-state index in [1.165, 1.54) is 0 Å². The molecule has 4 nitrogen and oxygen atoms in total. The van der Waals surface area contributed by atoms with Crippen LogP contribution in [0.15, 0.2) is 41.6 Å². The summed E-state index contributed by atoms with van der Waals surface area (Å²) < 4.78 is 5.65. The van der Waals surface area contributed by atoms with Crippen molar-refractivity contribution in [3.8, 4) is 11.5 Å². The van der Waals surface area contributed by atoms with Gasteiger partial charge in [0, 0.05) is 0 Å². The van der Waals surface area contributed by atoms with Gasteiger partial charge in [0.25, 0.3) is 0 Å². The van der Waals surface area contributed by atoms with Gasteiger partial charge in [-0.15, -0.1) is 0 Å². The maximum Gasteiger partial charge on any atom is 0.175 e. The van der Waals surface area contributed by atoms with Crippen molar-refractivity contribution in [3.63, 3.8) is 0 Å². The fourth-order valence-electron chi connectivity index (χ4n) is 1.57. The van der Waals surface area contributed by atoms with Crippen LogP contribution in [0.2, 0.25) is 15.1 Å². The number of rotatable bonds is 3. The van der Waals surface area contributed by atoms with Crippen LogP contribution < -0.4 is 10.5 Å². The highest BCUT2D eigenvalue weighted by molar-refractivity contribution is 6.43. The average molecular weight is 332 g/mol. The first kappa shape index (κ1) is 14.8. The molecule has 0 spiro atoms. The molecule has 0 fully saturated rings. The third kappa shape index (κ3) is 2.93. The van der Waals surface area contributed by atoms with Gasteiger partial charge in [0.2, 0.25) is 0 Å². The third-order valence-electron chi connectivity index (χ3n) is 2.48. The Bertz CT molecular complexity index is 675. The Morgan fingerprint density at radius 2 is 1.60 bits per heavy atom. The summed E-state index contributed by atoms with van der Waals surface area (Å²) in [6.45, 7) is 0. The first-order valence-electron chi connectivity index (χ1n) is 5.43. The van der Waals surface area contributed by atoms with Gasteiger partial charge in [-0.3, -0.25) is 0 Å². The normalized spacial score (nSPS) is 11.4. The average Bonchev–Trinajstić information content (AvgIpc) is 2.43. The Kier molecular flexibility index (Phi) is 4.60. The molecule has 7 heteroatoms. The minimum atomic E-state index is -0.163. The van der Waals surface area contributed by atoms with E-state index < -0.39 is 0 Å². The maximum absolute atomic E-state index is 8.80. The monoisotopic (exact) mass is 330 g/mol. The van der Waals surface area contributed by atoms with Crippen molar-refractivity contribution in [1.29, 1.82) is 0 Å². The Hall–Kier alpha value is -1.62. The predicted octanol–water partition coefficient (Wildman–Crippen LogP) is 4.53. The number of benzene rings is 2. The van der Waals surface area contributed by atoms with Gasteiger partial charge in [-0.1, -0.05) is 52.1 Å². The minimum Gasteiger partial charge on any atom is -0.455 e. The number of halogens is 3. The molecule has 0 saturated carbocycles. The van der Waals surface area contributed by atoms with Crippen LogP contribution in [0.3, 0.4) is 0 Å². The largest absolute Gasteiger partial charge is 0.455 e. The van der Waals surface area contributed by atoms with Gasteiger partial charge < -0.3 is 15.7 Å². The maximum atomic E-state index is 8.80. The van der Waals surface area contributed by atoms with Gasteiger partial charge in [-0.25, -0.2) is 0 Å². The molecule has 0 aliphatic carbocycles. The second-order valence-electron chi connectivity index (χ2n) is 3.75. The molecule has 0 aliphatic heterocycles. The second kappa shape index (κ2) is 6.22. The van der Waals surface area contributed by atoms with Crippen molar-refractivity contribution >= 4 is 40.6 Å². The van der Waals surface area contributed by atoms with Crippen LogP contribution in [0.4, 0.5) is 0 Å². The lowest BCUT2D eigenvalue weighted by molar-refractivity contribution is 0.318. The van der Waals surface area contributed by atoms with Crippen LogP contribution in [-0.2, 0) is 0 Å². The van der Waals surface area contributed by atoms with Crippen LogP contribution in [0.1, 0.15) is 5.56 Å². The smallest absolute Gasteiger partial charge is 0.175 e. The number of oxime groups is 1. The summed E-state index contributed by atoms with van der Waals surface area (Å²) in [7, 11) is 0. The van der Waals surface area contributed by atoms with Crippen LogP contribution >= 0.6 is 34.8 Å². The Labute approximate surface area is 130 Å². The van der Waals surface area contributed by atoms with Gasteiger partial charge in [0.1, 0.15) is 16.5 Å². The zero-order valence-corrected chi connectivity index (χ0v) is 12.2. The number of nitrogens with zero attached hydrogens (tertiary/aromatic N) is 1. The van der Waals surface area contributed by atoms with Crippen molar-refractivity contribution in [2.75, 3.05) is 0 Å². The highest BCUT2D eigenvalue weighted by Gasteiger charge is 2.15. The van der Waals surface area contributed by atoms with Crippen molar-refractivity contribution in [3.05, 3.63) is 57.0 Å². The summed E-state index contributed by atoms with van der Waals surface area (Å²) in [5.74, 6) is 0.481. The first-order valence-corrected chi connectivity index (χ1v) is 6.56. The van der Waals surface area contributed by atoms with Crippen molar-refractivity contribution in [1.82, 2.24) is 0 Å². The molecule has 2 aromatic carbocycles. The summed E-state index contributed by atoms with van der Waals surface area (Å²) in [5.41, 5.74) is 5.87. The van der Waals surface area contributed by atoms with E-state index in [-0.39, 0.29) is 21.4 Å². The molecular formula is C13H9Cl3N2O2. The Morgan fingerprint density at radius 3 is 2.25 bits per heavy atom. The van der Waals surface area contributed by atoms with Crippen molar-refractivity contribution in [2.24, 2.45) is 10.9 Å². The van der Waals surface area contributed by atoms with E-state index in [0.29, 0.717) is 16.5 Å². The van der Waals surface area contributed by atoms with Gasteiger partial charge in [0.05, 0.1) is 15.6 Å². The van der Waals surface area contributed by atoms with Gasteiger partial charge in [-0.2, -0.15) is 0 Å². The molecule has 2 rings (SSSR count). The minimum absolute atomic E-state index is 0.163. The van der Waals surface area contributed by atoms with Gasteiger partial charge in [-0.05, 0) is 24.3 Å². The topological polar surface area (TPSA) is 67.8 Å².